The van der Waals surface area contributed by atoms with Crippen molar-refractivity contribution in [1.82, 2.24) is 10.6 Å². The molecule has 0 aromatic heterocycles. The van der Waals surface area contributed by atoms with Crippen LogP contribution in [0.25, 0.3) is 0 Å². The molecule has 7 nitrogen and oxygen atoms in total. The zero-order valence-corrected chi connectivity index (χ0v) is 19.8. The summed E-state index contributed by atoms with van der Waals surface area (Å²) in [6.07, 6.45) is 5.79. The Labute approximate surface area is 200 Å². The summed E-state index contributed by atoms with van der Waals surface area (Å²) in [5.41, 5.74) is 2.64. The van der Waals surface area contributed by atoms with Gasteiger partial charge in [0.2, 0.25) is 0 Å². The van der Waals surface area contributed by atoms with E-state index in [1.807, 2.05) is 36.4 Å². The normalized spacial score (nSPS) is 18.6. The number of benzene rings is 2. The van der Waals surface area contributed by atoms with E-state index in [9.17, 15) is 9.59 Å². The van der Waals surface area contributed by atoms with Crippen LogP contribution in [0.3, 0.4) is 0 Å². The van der Waals surface area contributed by atoms with Crippen LogP contribution in [0.1, 0.15) is 56.2 Å². The van der Waals surface area contributed by atoms with E-state index >= 15 is 0 Å². The fraction of sp³-hybridized carbons (Fsp3) is 0.407. The number of carbonyl (C=O) groups is 2. The van der Waals surface area contributed by atoms with Crippen molar-refractivity contribution in [3.63, 3.8) is 0 Å². The van der Waals surface area contributed by atoms with Gasteiger partial charge >= 0.3 is 12.0 Å². The second-order valence-electron chi connectivity index (χ2n) is 8.86. The number of allylic oxidation sites excluding steroid dienone is 1. The molecule has 2 aromatic rings. The highest BCUT2D eigenvalue weighted by molar-refractivity contribution is 5.95. The molecule has 2 amide bonds. The van der Waals surface area contributed by atoms with Crippen molar-refractivity contribution in [2.75, 3.05) is 13.7 Å². The Kier molecular flexibility index (Phi) is 7.72. The standard InChI is InChI=1S/C27H32N2O5/c1-18-24(26(30)34-17-20-11-7-4-8-12-20)25(29-27(31)28-18)21-13-14-22(23(15-21)32-2)33-16-19-9-5-3-6-10-19/h3,5-6,9-10,13-15,20,25H,4,7-8,11-12,16-17H2,1-2H3,(H2,28,29,31)/t25-/m0/s1. The zero-order valence-electron chi connectivity index (χ0n) is 19.8. The molecule has 1 atom stereocenters. The van der Waals surface area contributed by atoms with Crippen molar-refractivity contribution in [1.29, 1.82) is 0 Å². The van der Waals surface area contributed by atoms with Crippen LogP contribution in [0, 0.1) is 5.92 Å². The lowest BCUT2D eigenvalue weighted by Crippen LogP contribution is -2.45. The molecule has 0 unspecified atom stereocenters. The van der Waals surface area contributed by atoms with Crippen LogP contribution in [0.4, 0.5) is 4.79 Å². The maximum Gasteiger partial charge on any atom is 0.338 e. The molecule has 0 spiro atoms. The Morgan fingerprint density at radius 1 is 1.03 bits per heavy atom. The third-order valence-electron chi connectivity index (χ3n) is 6.42. The quantitative estimate of drug-likeness (QED) is 0.536. The smallest absolute Gasteiger partial charge is 0.338 e. The largest absolute Gasteiger partial charge is 0.493 e. The maximum absolute atomic E-state index is 13.1. The van der Waals surface area contributed by atoms with Gasteiger partial charge in [0, 0.05) is 5.70 Å². The minimum atomic E-state index is -0.648. The van der Waals surface area contributed by atoms with E-state index in [1.54, 1.807) is 26.2 Å². The number of esters is 1. The molecule has 180 valence electrons. The summed E-state index contributed by atoms with van der Waals surface area (Å²) in [7, 11) is 1.57. The topological polar surface area (TPSA) is 85.9 Å². The predicted octanol–water partition coefficient (Wildman–Crippen LogP) is 5.03. The molecule has 0 radical (unpaired) electrons. The molecule has 2 aliphatic rings. The lowest BCUT2D eigenvalue weighted by Gasteiger charge is -2.29. The molecular formula is C27H32N2O5. The van der Waals surface area contributed by atoms with E-state index in [2.05, 4.69) is 10.6 Å². The van der Waals surface area contributed by atoms with Crippen LogP contribution in [0.2, 0.25) is 0 Å². The number of nitrogens with one attached hydrogen (secondary N) is 2. The summed E-state index contributed by atoms with van der Waals surface area (Å²) in [5, 5.41) is 5.55. The highest BCUT2D eigenvalue weighted by atomic mass is 16.5. The average Bonchev–Trinajstić information content (AvgIpc) is 2.86. The minimum absolute atomic E-state index is 0.366. The summed E-state index contributed by atoms with van der Waals surface area (Å²) in [6.45, 7) is 2.53. The van der Waals surface area contributed by atoms with Crippen molar-refractivity contribution in [3.05, 3.63) is 70.9 Å². The molecule has 0 bridgehead atoms. The number of rotatable bonds is 8. The zero-order chi connectivity index (χ0) is 23.9. The van der Waals surface area contributed by atoms with Gasteiger partial charge in [0.05, 0.1) is 25.3 Å². The molecule has 7 heteroatoms. The minimum Gasteiger partial charge on any atom is -0.493 e. The van der Waals surface area contributed by atoms with E-state index < -0.39 is 12.0 Å². The van der Waals surface area contributed by atoms with Crippen molar-refractivity contribution >= 4 is 12.0 Å². The number of hydrogen-bond donors (Lipinski definition) is 2. The van der Waals surface area contributed by atoms with E-state index in [-0.39, 0.29) is 6.03 Å². The molecule has 1 saturated carbocycles. The molecule has 4 rings (SSSR count). The van der Waals surface area contributed by atoms with Crippen molar-refractivity contribution < 1.29 is 23.8 Å². The first-order chi connectivity index (χ1) is 16.5. The van der Waals surface area contributed by atoms with Gasteiger partial charge in [-0.2, -0.15) is 0 Å². The molecule has 1 heterocycles. The Bertz CT molecular complexity index is 1040. The molecule has 2 N–H and O–H groups in total. The van der Waals surface area contributed by atoms with Gasteiger partial charge in [0.15, 0.2) is 11.5 Å². The van der Waals surface area contributed by atoms with Crippen LogP contribution in [-0.4, -0.2) is 25.7 Å². The van der Waals surface area contributed by atoms with Crippen LogP contribution < -0.4 is 20.1 Å². The van der Waals surface area contributed by atoms with Gasteiger partial charge in [0.1, 0.15) is 6.61 Å². The molecule has 0 saturated heterocycles. The van der Waals surface area contributed by atoms with Gasteiger partial charge in [-0.25, -0.2) is 9.59 Å². The summed E-state index contributed by atoms with van der Waals surface area (Å²) in [5.74, 6) is 1.10. The summed E-state index contributed by atoms with van der Waals surface area (Å²) >= 11 is 0. The fourth-order valence-electron chi connectivity index (χ4n) is 4.56. The van der Waals surface area contributed by atoms with Crippen LogP contribution in [0.15, 0.2) is 59.8 Å². The van der Waals surface area contributed by atoms with E-state index in [0.717, 1.165) is 18.4 Å². The van der Waals surface area contributed by atoms with Gasteiger partial charge in [-0.3, -0.25) is 0 Å². The van der Waals surface area contributed by atoms with Crippen LogP contribution in [0.5, 0.6) is 11.5 Å². The lowest BCUT2D eigenvalue weighted by molar-refractivity contribution is -0.141. The maximum atomic E-state index is 13.1. The Balaban J connectivity index is 1.52. The van der Waals surface area contributed by atoms with Gasteiger partial charge in [-0.05, 0) is 48.9 Å². The second kappa shape index (κ2) is 11.1. The molecule has 34 heavy (non-hydrogen) atoms. The van der Waals surface area contributed by atoms with Crippen LogP contribution in [-0.2, 0) is 16.1 Å². The third-order valence-corrected chi connectivity index (χ3v) is 6.42. The predicted molar refractivity (Wildman–Crippen MR) is 128 cm³/mol. The van der Waals surface area contributed by atoms with E-state index in [0.29, 0.717) is 47.5 Å². The highest BCUT2D eigenvalue weighted by Crippen LogP contribution is 2.35. The van der Waals surface area contributed by atoms with Crippen LogP contribution >= 0.6 is 0 Å². The first kappa shape index (κ1) is 23.7. The molecule has 1 fully saturated rings. The van der Waals surface area contributed by atoms with Gasteiger partial charge < -0.3 is 24.8 Å². The Morgan fingerprint density at radius 2 is 1.79 bits per heavy atom. The lowest BCUT2D eigenvalue weighted by atomic mass is 9.90. The molecule has 1 aliphatic carbocycles. The fourth-order valence-corrected chi connectivity index (χ4v) is 4.56. The number of carbonyl (C=O) groups excluding carboxylic acids is 2. The third kappa shape index (κ3) is 5.71. The number of amides is 2. The number of methoxy groups -OCH3 is 1. The van der Waals surface area contributed by atoms with Gasteiger partial charge in [-0.1, -0.05) is 55.7 Å². The average molecular weight is 465 g/mol. The van der Waals surface area contributed by atoms with Crippen molar-refractivity contribution in [2.45, 2.75) is 51.7 Å². The van der Waals surface area contributed by atoms with Crippen molar-refractivity contribution in [2.24, 2.45) is 5.92 Å². The molecule has 1 aliphatic heterocycles. The summed E-state index contributed by atoms with van der Waals surface area (Å²) < 4.78 is 17.2. The van der Waals surface area contributed by atoms with E-state index in [4.69, 9.17) is 14.2 Å². The van der Waals surface area contributed by atoms with Gasteiger partial charge in [0.25, 0.3) is 0 Å². The monoisotopic (exact) mass is 464 g/mol. The Morgan fingerprint density at radius 3 is 2.53 bits per heavy atom. The molecule has 2 aromatic carbocycles. The van der Waals surface area contributed by atoms with Gasteiger partial charge in [-0.15, -0.1) is 0 Å². The Hall–Kier alpha value is -3.48. The highest BCUT2D eigenvalue weighted by Gasteiger charge is 2.33. The number of ether oxygens (including phenoxy) is 3. The van der Waals surface area contributed by atoms with E-state index in [1.165, 1.54) is 19.3 Å². The second-order valence-corrected chi connectivity index (χ2v) is 8.86. The summed E-state index contributed by atoms with van der Waals surface area (Å²) in [4.78, 5) is 25.3. The number of urea groups is 1. The molecular weight excluding hydrogens is 432 g/mol. The van der Waals surface area contributed by atoms with Crippen molar-refractivity contribution in [3.8, 4) is 11.5 Å². The first-order valence-electron chi connectivity index (χ1n) is 11.8. The first-order valence-corrected chi connectivity index (χ1v) is 11.8. The number of hydrogen-bond acceptors (Lipinski definition) is 5. The SMILES string of the molecule is COc1cc([C@@H]2NC(=O)NC(C)=C2C(=O)OCC2CCCCC2)ccc1OCc1ccccc1. The summed E-state index contributed by atoms with van der Waals surface area (Å²) in [6, 6.07) is 14.3.